The lowest BCUT2D eigenvalue weighted by atomic mass is 9.99. The monoisotopic (exact) mass is 406 g/mol. The minimum absolute atomic E-state index is 0.0342. The molecule has 3 nitrogen and oxygen atoms in total. The molecular formula is C28H26N2O. The lowest BCUT2D eigenvalue weighted by molar-refractivity contribution is -0.118. The zero-order chi connectivity index (χ0) is 21.3. The summed E-state index contributed by atoms with van der Waals surface area (Å²) in [5, 5.41) is 3.50. The molecule has 1 N–H and O–H groups in total. The van der Waals surface area contributed by atoms with Crippen LogP contribution in [-0.2, 0) is 11.3 Å². The van der Waals surface area contributed by atoms with Gasteiger partial charge in [0, 0.05) is 5.69 Å². The topological polar surface area (TPSA) is 32.3 Å². The molecule has 0 unspecified atom stereocenters. The number of carbonyl (C=O) groups is 1. The van der Waals surface area contributed by atoms with Gasteiger partial charge in [0.15, 0.2) is 0 Å². The van der Waals surface area contributed by atoms with Gasteiger partial charge in [0.1, 0.15) is 0 Å². The molecule has 0 saturated heterocycles. The molecule has 0 atom stereocenters. The molecule has 0 radical (unpaired) electrons. The third kappa shape index (κ3) is 5.47. The van der Waals surface area contributed by atoms with Gasteiger partial charge >= 0.3 is 0 Å². The quantitative estimate of drug-likeness (QED) is 0.413. The van der Waals surface area contributed by atoms with E-state index in [4.69, 9.17) is 0 Å². The van der Waals surface area contributed by atoms with Gasteiger partial charge in [0.25, 0.3) is 0 Å². The Labute approximate surface area is 184 Å². The molecule has 4 aromatic carbocycles. The van der Waals surface area contributed by atoms with E-state index in [2.05, 4.69) is 29.6 Å². The van der Waals surface area contributed by atoms with Crippen LogP contribution in [-0.4, -0.2) is 12.5 Å². The number of carbonyl (C=O) groups excluding carboxylic acids is 1. The summed E-state index contributed by atoms with van der Waals surface area (Å²) in [6.07, 6.45) is 0. The molecule has 0 saturated carbocycles. The van der Waals surface area contributed by atoms with Crippen molar-refractivity contribution in [3.05, 3.63) is 138 Å². The lowest BCUT2D eigenvalue weighted by Crippen LogP contribution is -2.39. The molecule has 0 aliphatic heterocycles. The summed E-state index contributed by atoms with van der Waals surface area (Å²) in [5.74, 6) is 0.0342. The van der Waals surface area contributed by atoms with Gasteiger partial charge in [-0.3, -0.25) is 10.1 Å². The summed E-state index contributed by atoms with van der Waals surface area (Å²) in [4.78, 5) is 15.2. The van der Waals surface area contributed by atoms with Gasteiger partial charge in [-0.05, 0) is 28.8 Å². The van der Waals surface area contributed by atoms with Crippen molar-refractivity contribution in [2.75, 3.05) is 11.4 Å². The normalized spacial score (nSPS) is 10.7. The zero-order valence-electron chi connectivity index (χ0n) is 17.4. The maximum absolute atomic E-state index is 13.4. The number of para-hydroxylation sites is 1. The summed E-state index contributed by atoms with van der Waals surface area (Å²) >= 11 is 0. The summed E-state index contributed by atoms with van der Waals surface area (Å²) < 4.78 is 0. The molecular weight excluding hydrogens is 380 g/mol. The minimum atomic E-state index is -0.0549. The van der Waals surface area contributed by atoms with Crippen LogP contribution in [0, 0.1) is 0 Å². The number of benzene rings is 4. The minimum Gasteiger partial charge on any atom is -0.307 e. The van der Waals surface area contributed by atoms with Crippen LogP contribution < -0.4 is 10.2 Å². The summed E-state index contributed by atoms with van der Waals surface area (Å²) in [7, 11) is 0. The highest BCUT2D eigenvalue weighted by molar-refractivity contribution is 5.94. The number of hydrogen-bond donors (Lipinski definition) is 1. The number of anilines is 1. The van der Waals surface area contributed by atoms with Gasteiger partial charge in [0.05, 0.1) is 19.1 Å². The van der Waals surface area contributed by atoms with Gasteiger partial charge in [0.2, 0.25) is 5.91 Å². The zero-order valence-corrected chi connectivity index (χ0v) is 17.4. The Balaban J connectivity index is 1.55. The van der Waals surface area contributed by atoms with Crippen molar-refractivity contribution in [3.8, 4) is 0 Å². The first kappa shape index (κ1) is 20.6. The van der Waals surface area contributed by atoms with E-state index >= 15 is 0 Å². The van der Waals surface area contributed by atoms with E-state index < -0.39 is 0 Å². The molecule has 0 fully saturated rings. The van der Waals surface area contributed by atoms with E-state index in [-0.39, 0.29) is 18.5 Å². The van der Waals surface area contributed by atoms with Crippen molar-refractivity contribution in [1.82, 2.24) is 5.32 Å². The third-order valence-electron chi connectivity index (χ3n) is 5.28. The standard InChI is InChI=1S/C28H26N2O/c31-27(30(26-19-11-4-12-20-26)22-23-13-5-1-6-14-23)21-29-28(24-15-7-2-8-16-24)25-17-9-3-10-18-25/h1-20,28-29H,21-22H2. The van der Waals surface area contributed by atoms with Crippen LogP contribution in [0.15, 0.2) is 121 Å². The van der Waals surface area contributed by atoms with Crippen LogP contribution in [0.25, 0.3) is 0 Å². The molecule has 154 valence electrons. The molecule has 0 aliphatic rings. The second-order valence-electron chi connectivity index (χ2n) is 7.44. The SMILES string of the molecule is O=C(CNC(c1ccccc1)c1ccccc1)N(Cc1ccccc1)c1ccccc1. The van der Waals surface area contributed by atoms with Crippen LogP contribution in [0.3, 0.4) is 0 Å². The van der Waals surface area contributed by atoms with E-state index in [0.717, 1.165) is 22.4 Å². The maximum Gasteiger partial charge on any atom is 0.241 e. The molecule has 0 heterocycles. The van der Waals surface area contributed by atoms with Gasteiger partial charge < -0.3 is 4.90 Å². The Hall–Kier alpha value is -3.69. The Morgan fingerprint density at radius 1 is 0.645 bits per heavy atom. The molecule has 4 aromatic rings. The first-order valence-corrected chi connectivity index (χ1v) is 10.5. The van der Waals surface area contributed by atoms with Gasteiger partial charge in [-0.25, -0.2) is 0 Å². The smallest absolute Gasteiger partial charge is 0.241 e. The van der Waals surface area contributed by atoms with E-state index in [9.17, 15) is 4.79 Å². The average molecular weight is 407 g/mol. The van der Waals surface area contributed by atoms with Crippen LogP contribution in [0.5, 0.6) is 0 Å². The van der Waals surface area contributed by atoms with E-state index in [0.29, 0.717) is 6.54 Å². The highest BCUT2D eigenvalue weighted by Gasteiger charge is 2.19. The first-order chi connectivity index (χ1) is 15.3. The number of nitrogens with one attached hydrogen (secondary N) is 1. The van der Waals surface area contributed by atoms with Gasteiger partial charge in [-0.1, -0.05) is 109 Å². The fourth-order valence-corrected chi connectivity index (χ4v) is 3.70. The third-order valence-corrected chi connectivity index (χ3v) is 5.28. The van der Waals surface area contributed by atoms with E-state index in [1.165, 1.54) is 0 Å². The largest absolute Gasteiger partial charge is 0.307 e. The lowest BCUT2D eigenvalue weighted by Gasteiger charge is -2.25. The van der Waals surface area contributed by atoms with Crippen LogP contribution in [0.1, 0.15) is 22.7 Å². The Bertz CT molecular complexity index is 1030. The fraction of sp³-hybridized carbons (Fsp3) is 0.107. The highest BCUT2D eigenvalue weighted by Crippen LogP contribution is 2.22. The highest BCUT2D eigenvalue weighted by atomic mass is 16.2. The summed E-state index contributed by atoms with van der Waals surface area (Å²) in [5.41, 5.74) is 4.27. The number of hydrogen-bond acceptors (Lipinski definition) is 2. The predicted molar refractivity (Wildman–Crippen MR) is 127 cm³/mol. The summed E-state index contributed by atoms with van der Waals surface area (Å²) in [6.45, 7) is 0.767. The fourth-order valence-electron chi connectivity index (χ4n) is 3.70. The number of amides is 1. The Kier molecular flexibility index (Phi) is 6.89. The second kappa shape index (κ2) is 10.4. The molecule has 0 bridgehead atoms. The molecule has 0 spiro atoms. The van der Waals surface area contributed by atoms with Crippen LogP contribution in [0.2, 0.25) is 0 Å². The first-order valence-electron chi connectivity index (χ1n) is 10.5. The van der Waals surface area contributed by atoms with E-state index in [1.54, 1.807) is 0 Å². The molecule has 31 heavy (non-hydrogen) atoms. The summed E-state index contributed by atoms with van der Waals surface area (Å²) in [6, 6.07) is 40.4. The number of nitrogens with zero attached hydrogens (tertiary/aromatic N) is 1. The Morgan fingerprint density at radius 3 is 1.61 bits per heavy atom. The predicted octanol–water partition coefficient (Wildman–Crippen LogP) is 5.60. The van der Waals surface area contributed by atoms with Gasteiger partial charge in [-0.15, -0.1) is 0 Å². The molecule has 4 rings (SSSR count). The second-order valence-corrected chi connectivity index (χ2v) is 7.44. The van der Waals surface area contributed by atoms with Crippen molar-refractivity contribution in [1.29, 1.82) is 0 Å². The molecule has 0 aromatic heterocycles. The Morgan fingerprint density at radius 2 is 1.10 bits per heavy atom. The average Bonchev–Trinajstić information content (AvgIpc) is 2.85. The van der Waals surface area contributed by atoms with Crippen molar-refractivity contribution < 1.29 is 4.79 Å². The van der Waals surface area contributed by atoms with Crippen molar-refractivity contribution in [2.45, 2.75) is 12.6 Å². The van der Waals surface area contributed by atoms with Crippen molar-refractivity contribution in [3.63, 3.8) is 0 Å². The maximum atomic E-state index is 13.4. The van der Waals surface area contributed by atoms with E-state index in [1.807, 2.05) is 102 Å². The number of rotatable bonds is 8. The van der Waals surface area contributed by atoms with Crippen molar-refractivity contribution in [2.24, 2.45) is 0 Å². The van der Waals surface area contributed by atoms with Crippen LogP contribution >= 0.6 is 0 Å². The van der Waals surface area contributed by atoms with Crippen molar-refractivity contribution >= 4 is 11.6 Å². The molecule has 0 aliphatic carbocycles. The van der Waals surface area contributed by atoms with Gasteiger partial charge in [-0.2, -0.15) is 0 Å². The molecule has 1 amide bonds. The molecule has 3 heteroatoms. The van der Waals surface area contributed by atoms with Crippen LogP contribution in [0.4, 0.5) is 5.69 Å².